The van der Waals surface area contributed by atoms with Gasteiger partial charge in [0.1, 0.15) is 17.2 Å². The summed E-state index contributed by atoms with van der Waals surface area (Å²) in [6, 6.07) is 4.49. The van der Waals surface area contributed by atoms with Gasteiger partial charge in [0.15, 0.2) is 6.29 Å². The molecule has 0 fully saturated rings. The first-order valence-electron chi connectivity index (χ1n) is 8.75. The largest absolute Gasteiger partial charge is 0.365 e. The molecule has 140 valence electrons. The zero-order chi connectivity index (χ0) is 19.3. The number of carbonyl (C=O) groups excluding carboxylic acids is 1. The summed E-state index contributed by atoms with van der Waals surface area (Å²) in [5, 5.41) is 7.42. The maximum Gasteiger partial charge on any atom is 0.170 e. The Kier molecular flexibility index (Phi) is 3.91. The summed E-state index contributed by atoms with van der Waals surface area (Å²) in [6.07, 6.45) is 1.43. The quantitative estimate of drug-likeness (QED) is 0.680. The van der Waals surface area contributed by atoms with Gasteiger partial charge in [-0.15, -0.1) is 0 Å². The number of hydrogen-bond donors (Lipinski definition) is 2. The summed E-state index contributed by atoms with van der Waals surface area (Å²) >= 11 is 0. The van der Waals surface area contributed by atoms with Crippen LogP contribution in [0, 0.1) is 5.82 Å². The highest BCUT2D eigenvalue weighted by Gasteiger charge is 2.26. The van der Waals surface area contributed by atoms with Crippen LogP contribution in [0.1, 0.15) is 46.9 Å². The second-order valence-electron chi connectivity index (χ2n) is 7.34. The predicted octanol–water partition coefficient (Wildman–Crippen LogP) is 4.08. The second kappa shape index (κ2) is 6.04. The van der Waals surface area contributed by atoms with Crippen molar-refractivity contribution in [3.8, 4) is 0 Å². The van der Waals surface area contributed by atoms with Gasteiger partial charge >= 0.3 is 0 Å². The van der Waals surface area contributed by atoms with Gasteiger partial charge in [0, 0.05) is 36.2 Å². The topological polar surface area (TPSA) is 64.8 Å². The molecule has 0 bridgehead atoms. The SMILES string of the molecule is C=C(c1cc2c(C(C)(C)F)ccc(F)c2[nH]1)N1CCc2[nH]nc(C=O)c2C1. The standard InChI is InChI=1S/C20H20F2N4O/c1-11(26-7-6-16-13(9-26)18(10-27)25-24-16)17-8-12-14(20(2,3)22)4-5-15(21)19(12)23-17/h4-5,8,10,23H,1,6-7,9H2,2-3H3,(H,24,25). The summed E-state index contributed by atoms with van der Waals surface area (Å²) in [7, 11) is 0. The minimum atomic E-state index is -1.59. The fraction of sp³-hybridized carbons (Fsp3) is 0.300. The number of hydrogen-bond acceptors (Lipinski definition) is 3. The lowest BCUT2D eigenvalue weighted by Crippen LogP contribution is -2.29. The van der Waals surface area contributed by atoms with Gasteiger partial charge in [-0.05, 0) is 31.5 Å². The average molecular weight is 370 g/mol. The third-order valence-corrected chi connectivity index (χ3v) is 5.15. The Labute approximate surface area is 155 Å². The van der Waals surface area contributed by atoms with Gasteiger partial charge in [0.05, 0.1) is 16.9 Å². The normalized spacial score (nSPS) is 14.4. The van der Waals surface area contributed by atoms with Crippen molar-refractivity contribution >= 4 is 22.9 Å². The second-order valence-corrected chi connectivity index (χ2v) is 7.34. The summed E-state index contributed by atoms with van der Waals surface area (Å²) in [5.74, 6) is -0.434. The lowest BCUT2D eigenvalue weighted by Gasteiger charge is -2.30. The Morgan fingerprint density at radius 3 is 2.89 bits per heavy atom. The fourth-order valence-electron chi connectivity index (χ4n) is 3.67. The number of carbonyl (C=O) groups is 1. The van der Waals surface area contributed by atoms with Crippen LogP contribution in [-0.2, 0) is 18.6 Å². The number of aromatic amines is 2. The van der Waals surface area contributed by atoms with Gasteiger partial charge in [-0.25, -0.2) is 8.78 Å². The van der Waals surface area contributed by atoms with Crippen LogP contribution in [0.15, 0.2) is 24.8 Å². The highest BCUT2D eigenvalue weighted by molar-refractivity contribution is 5.88. The van der Waals surface area contributed by atoms with Crippen molar-refractivity contribution in [3.05, 3.63) is 58.8 Å². The zero-order valence-electron chi connectivity index (χ0n) is 15.2. The van der Waals surface area contributed by atoms with Crippen LogP contribution < -0.4 is 0 Å². The summed E-state index contributed by atoms with van der Waals surface area (Å²) < 4.78 is 28.8. The fourth-order valence-corrected chi connectivity index (χ4v) is 3.67. The number of rotatable bonds is 4. The summed E-state index contributed by atoms with van der Waals surface area (Å²) in [5.41, 5.74) is 2.58. The molecule has 1 aromatic carbocycles. The molecule has 0 saturated heterocycles. The zero-order valence-corrected chi connectivity index (χ0v) is 15.2. The van der Waals surface area contributed by atoms with Crippen molar-refractivity contribution < 1.29 is 13.6 Å². The van der Waals surface area contributed by atoms with Crippen LogP contribution in [0.25, 0.3) is 16.6 Å². The van der Waals surface area contributed by atoms with Crippen molar-refractivity contribution in [2.75, 3.05) is 6.54 Å². The number of halogens is 2. The number of nitrogens with one attached hydrogen (secondary N) is 2. The van der Waals surface area contributed by atoms with E-state index in [4.69, 9.17) is 0 Å². The molecule has 0 saturated carbocycles. The Morgan fingerprint density at radius 2 is 2.19 bits per heavy atom. The van der Waals surface area contributed by atoms with E-state index in [1.54, 1.807) is 6.07 Å². The highest BCUT2D eigenvalue weighted by atomic mass is 19.1. The van der Waals surface area contributed by atoms with E-state index in [0.717, 1.165) is 17.5 Å². The Balaban J connectivity index is 1.72. The van der Waals surface area contributed by atoms with Crippen LogP contribution in [0.4, 0.5) is 8.78 Å². The van der Waals surface area contributed by atoms with Gasteiger partial charge in [-0.2, -0.15) is 5.10 Å². The van der Waals surface area contributed by atoms with E-state index in [2.05, 4.69) is 21.8 Å². The van der Waals surface area contributed by atoms with Gasteiger partial charge < -0.3 is 9.88 Å². The number of aldehydes is 1. The third-order valence-electron chi connectivity index (χ3n) is 5.15. The minimum Gasteiger partial charge on any atom is -0.365 e. The van der Waals surface area contributed by atoms with Crippen LogP contribution in [0.5, 0.6) is 0 Å². The number of nitrogens with zero attached hydrogens (tertiary/aromatic N) is 2. The van der Waals surface area contributed by atoms with Crippen molar-refractivity contribution in [2.45, 2.75) is 32.5 Å². The van der Waals surface area contributed by atoms with Gasteiger partial charge in [-0.1, -0.05) is 12.6 Å². The van der Waals surface area contributed by atoms with E-state index in [1.165, 1.54) is 26.0 Å². The van der Waals surface area contributed by atoms with Crippen LogP contribution in [0.3, 0.4) is 0 Å². The molecule has 1 aliphatic heterocycles. The molecule has 2 N–H and O–H groups in total. The lowest BCUT2D eigenvalue weighted by molar-refractivity contribution is 0.111. The van der Waals surface area contributed by atoms with Crippen LogP contribution in [-0.4, -0.2) is 32.9 Å². The van der Waals surface area contributed by atoms with E-state index in [0.29, 0.717) is 47.5 Å². The summed E-state index contributed by atoms with van der Waals surface area (Å²) in [6.45, 7) is 8.21. The molecule has 4 rings (SSSR count). The van der Waals surface area contributed by atoms with Gasteiger partial charge in [0.25, 0.3) is 0 Å². The van der Waals surface area contributed by atoms with Crippen LogP contribution >= 0.6 is 0 Å². The van der Waals surface area contributed by atoms with Crippen molar-refractivity contribution in [3.63, 3.8) is 0 Å². The monoisotopic (exact) mass is 370 g/mol. The van der Waals surface area contributed by atoms with Crippen LogP contribution in [0.2, 0.25) is 0 Å². The average Bonchev–Trinajstić information content (AvgIpc) is 3.24. The summed E-state index contributed by atoms with van der Waals surface area (Å²) in [4.78, 5) is 16.2. The molecule has 0 unspecified atom stereocenters. The Bertz CT molecular complexity index is 1060. The molecule has 0 radical (unpaired) electrons. The molecule has 1 aliphatic rings. The van der Waals surface area contributed by atoms with E-state index in [9.17, 15) is 13.6 Å². The van der Waals surface area contributed by atoms with Crippen molar-refractivity contribution in [2.24, 2.45) is 0 Å². The molecule has 0 amide bonds. The molecule has 5 nitrogen and oxygen atoms in total. The smallest absolute Gasteiger partial charge is 0.170 e. The van der Waals surface area contributed by atoms with Crippen molar-refractivity contribution in [1.29, 1.82) is 0 Å². The first-order chi connectivity index (χ1) is 12.8. The molecule has 0 atom stereocenters. The maximum absolute atomic E-state index is 14.5. The molecule has 0 aliphatic carbocycles. The Morgan fingerprint density at radius 1 is 1.41 bits per heavy atom. The molecule has 3 aromatic rings. The predicted molar refractivity (Wildman–Crippen MR) is 99.5 cm³/mol. The third kappa shape index (κ3) is 2.83. The minimum absolute atomic E-state index is 0.268. The number of alkyl halides is 1. The number of fused-ring (bicyclic) bond motifs is 2. The molecule has 27 heavy (non-hydrogen) atoms. The molecule has 2 aromatic heterocycles. The number of aromatic nitrogens is 3. The first-order valence-corrected chi connectivity index (χ1v) is 8.75. The van der Waals surface area contributed by atoms with E-state index >= 15 is 0 Å². The number of H-pyrrole nitrogens is 2. The van der Waals surface area contributed by atoms with Gasteiger partial charge in [-0.3, -0.25) is 9.89 Å². The van der Waals surface area contributed by atoms with E-state index in [-0.39, 0.29) is 5.52 Å². The van der Waals surface area contributed by atoms with Gasteiger partial charge in [0.2, 0.25) is 0 Å². The highest BCUT2D eigenvalue weighted by Crippen LogP contribution is 2.35. The lowest BCUT2D eigenvalue weighted by atomic mass is 9.96. The first kappa shape index (κ1) is 17.5. The molecule has 3 heterocycles. The molecule has 7 heteroatoms. The maximum atomic E-state index is 14.5. The molecular weight excluding hydrogens is 350 g/mol. The molecular formula is C20H20F2N4O. The van der Waals surface area contributed by atoms with Crippen molar-refractivity contribution in [1.82, 2.24) is 20.1 Å². The molecule has 0 spiro atoms. The van der Waals surface area contributed by atoms with E-state index in [1.807, 2.05) is 4.90 Å². The van der Waals surface area contributed by atoms with E-state index < -0.39 is 11.5 Å². The Hall–Kier alpha value is -2.96. The number of benzene rings is 1.